The molecule has 1 aliphatic heterocycles. The summed E-state index contributed by atoms with van der Waals surface area (Å²) in [6.07, 6.45) is 0.228. The Labute approximate surface area is 189 Å². The maximum absolute atomic E-state index is 12.4. The number of amides is 1. The van der Waals surface area contributed by atoms with Gasteiger partial charge in [0.2, 0.25) is 18.6 Å². The number of fused-ring (bicyclic) bond motifs is 1. The van der Waals surface area contributed by atoms with Gasteiger partial charge in [-0.3, -0.25) is 4.79 Å². The van der Waals surface area contributed by atoms with Crippen LogP contribution in [-0.2, 0) is 11.2 Å². The summed E-state index contributed by atoms with van der Waals surface area (Å²) >= 11 is 0. The van der Waals surface area contributed by atoms with Crippen molar-refractivity contribution in [3.05, 3.63) is 77.6 Å². The first-order valence-electron chi connectivity index (χ1n) is 10.4. The molecular formula is C24H21N5O4. The van der Waals surface area contributed by atoms with E-state index in [-0.39, 0.29) is 19.1 Å². The van der Waals surface area contributed by atoms with Gasteiger partial charge < -0.3 is 19.5 Å². The lowest BCUT2D eigenvalue weighted by Crippen LogP contribution is -2.14. The number of nitrogens with one attached hydrogen (secondary N) is 1. The number of nitrogens with zero attached hydrogens (tertiary/aromatic N) is 4. The average molecular weight is 443 g/mol. The van der Waals surface area contributed by atoms with Crippen molar-refractivity contribution in [2.24, 2.45) is 0 Å². The minimum Gasteiger partial charge on any atom is -0.454 e. The Balaban J connectivity index is 1.18. The molecule has 0 atom stereocenters. The van der Waals surface area contributed by atoms with Crippen LogP contribution in [-0.4, -0.2) is 32.7 Å². The van der Waals surface area contributed by atoms with Crippen LogP contribution < -0.4 is 19.5 Å². The van der Waals surface area contributed by atoms with Crippen LogP contribution in [0, 0.1) is 13.8 Å². The predicted molar refractivity (Wildman–Crippen MR) is 120 cm³/mol. The summed E-state index contributed by atoms with van der Waals surface area (Å²) in [5.74, 6) is 2.78. The Morgan fingerprint density at radius 3 is 2.55 bits per heavy atom. The molecule has 0 bridgehead atoms. The zero-order valence-electron chi connectivity index (χ0n) is 18.1. The van der Waals surface area contributed by atoms with Gasteiger partial charge in [-0.1, -0.05) is 6.07 Å². The van der Waals surface area contributed by atoms with E-state index in [1.807, 2.05) is 38.1 Å². The molecule has 0 radical (unpaired) electrons. The molecule has 1 amide bonds. The Kier molecular flexibility index (Phi) is 5.35. The number of ether oxygens (including phenoxy) is 3. The van der Waals surface area contributed by atoms with Gasteiger partial charge in [-0.25, -0.2) is 4.68 Å². The first kappa shape index (κ1) is 20.5. The molecule has 3 heterocycles. The Hall–Kier alpha value is -4.40. The van der Waals surface area contributed by atoms with E-state index < -0.39 is 0 Å². The third-order valence-electron chi connectivity index (χ3n) is 5.01. The minimum atomic E-state index is -0.131. The van der Waals surface area contributed by atoms with E-state index in [1.54, 1.807) is 41.1 Å². The Bertz CT molecular complexity index is 1300. The molecule has 0 fully saturated rings. The van der Waals surface area contributed by atoms with Crippen molar-refractivity contribution in [2.75, 3.05) is 12.1 Å². The van der Waals surface area contributed by atoms with E-state index in [1.165, 1.54) is 0 Å². The van der Waals surface area contributed by atoms with Crippen LogP contribution >= 0.6 is 0 Å². The van der Waals surface area contributed by atoms with E-state index in [4.69, 9.17) is 14.2 Å². The number of rotatable bonds is 6. The first-order valence-corrected chi connectivity index (χ1v) is 10.4. The molecule has 0 spiro atoms. The van der Waals surface area contributed by atoms with Crippen LogP contribution in [0.4, 0.5) is 5.69 Å². The molecule has 0 saturated heterocycles. The Morgan fingerprint density at radius 2 is 1.82 bits per heavy atom. The average Bonchev–Trinajstić information content (AvgIpc) is 3.40. The standard InChI is InChI=1S/C24H21N5O4/c1-15-11-16(2)29(28-15)22-9-10-24(27-26-22)33-19-6-4-18(5-7-19)25-23(30)13-17-3-8-20-21(12-17)32-14-31-20/h3-12H,13-14H2,1-2H3,(H,25,30). The van der Waals surface area contributed by atoms with Crippen molar-refractivity contribution in [1.82, 2.24) is 20.0 Å². The molecular weight excluding hydrogens is 422 g/mol. The van der Waals surface area contributed by atoms with Crippen molar-refractivity contribution in [3.8, 4) is 28.9 Å². The van der Waals surface area contributed by atoms with Gasteiger partial charge in [0.25, 0.3) is 0 Å². The molecule has 4 aromatic rings. The van der Waals surface area contributed by atoms with Gasteiger partial charge in [-0.05, 0) is 67.9 Å². The summed E-state index contributed by atoms with van der Waals surface area (Å²) in [6.45, 7) is 4.10. The molecule has 0 unspecified atom stereocenters. The molecule has 2 aromatic heterocycles. The largest absolute Gasteiger partial charge is 0.454 e. The monoisotopic (exact) mass is 443 g/mol. The van der Waals surface area contributed by atoms with Gasteiger partial charge in [0.15, 0.2) is 17.3 Å². The topological polar surface area (TPSA) is 100 Å². The fraction of sp³-hybridized carbons (Fsp3) is 0.167. The summed E-state index contributed by atoms with van der Waals surface area (Å²) in [5.41, 5.74) is 3.41. The van der Waals surface area contributed by atoms with E-state index >= 15 is 0 Å². The van der Waals surface area contributed by atoms with Gasteiger partial charge in [0, 0.05) is 17.4 Å². The second-order valence-electron chi connectivity index (χ2n) is 7.61. The molecule has 33 heavy (non-hydrogen) atoms. The zero-order chi connectivity index (χ0) is 22.8. The maximum Gasteiger partial charge on any atom is 0.238 e. The number of hydrogen-bond acceptors (Lipinski definition) is 7. The normalized spacial score (nSPS) is 11.9. The molecule has 0 aliphatic carbocycles. The third kappa shape index (κ3) is 4.62. The highest BCUT2D eigenvalue weighted by atomic mass is 16.7. The van der Waals surface area contributed by atoms with Crippen LogP contribution in [0.2, 0.25) is 0 Å². The minimum absolute atomic E-state index is 0.131. The molecule has 1 aliphatic rings. The number of hydrogen-bond donors (Lipinski definition) is 1. The van der Waals surface area contributed by atoms with Gasteiger partial charge in [-0.2, -0.15) is 5.10 Å². The molecule has 5 rings (SSSR count). The van der Waals surface area contributed by atoms with E-state index in [0.29, 0.717) is 34.6 Å². The summed E-state index contributed by atoms with van der Waals surface area (Å²) in [7, 11) is 0. The van der Waals surface area contributed by atoms with Crippen LogP contribution in [0.25, 0.3) is 5.82 Å². The number of carbonyl (C=O) groups is 1. The lowest BCUT2D eigenvalue weighted by Gasteiger charge is -2.08. The van der Waals surface area contributed by atoms with Crippen molar-refractivity contribution in [2.45, 2.75) is 20.3 Å². The Morgan fingerprint density at radius 1 is 1.00 bits per heavy atom. The summed E-state index contributed by atoms with van der Waals surface area (Å²) < 4.78 is 18.1. The van der Waals surface area contributed by atoms with Gasteiger partial charge in [-0.15, -0.1) is 10.2 Å². The van der Waals surface area contributed by atoms with Crippen molar-refractivity contribution >= 4 is 11.6 Å². The van der Waals surface area contributed by atoms with Gasteiger partial charge in [0.05, 0.1) is 12.1 Å². The first-order chi connectivity index (χ1) is 16.0. The molecule has 2 aromatic carbocycles. The van der Waals surface area contributed by atoms with Crippen LogP contribution in [0.3, 0.4) is 0 Å². The number of carbonyl (C=O) groups excluding carboxylic acids is 1. The number of anilines is 1. The SMILES string of the molecule is Cc1cc(C)n(-c2ccc(Oc3ccc(NC(=O)Cc4ccc5c(c4)OCO5)cc3)nn2)n1. The summed E-state index contributed by atoms with van der Waals surface area (Å²) in [5, 5.41) is 15.6. The highest BCUT2D eigenvalue weighted by Crippen LogP contribution is 2.32. The second kappa shape index (κ2) is 8.62. The molecule has 9 nitrogen and oxygen atoms in total. The lowest BCUT2D eigenvalue weighted by molar-refractivity contribution is -0.115. The van der Waals surface area contributed by atoms with Crippen molar-refractivity contribution in [3.63, 3.8) is 0 Å². The van der Waals surface area contributed by atoms with Gasteiger partial charge in [0.1, 0.15) is 5.75 Å². The van der Waals surface area contributed by atoms with E-state index in [2.05, 4.69) is 20.6 Å². The summed E-state index contributed by atoms with van der Waals surface area (Å²) in [6, 6.07) is 18.0. The van der Waals surface area contributed by atoms with Crippen molar-refractivity contribution < 1.29 is 19.0 Å². The lowest BCUT2D eigenvalue weighted by atomic mass is 10.1. The van der Waals surface area contributed by atoms with Crippen molar-refractivity contribution in [1.29, 1.82) is 0 Å². The molecule has 1 N–H and O–H groups in total. The fourth-order valence-corrected chi connectivity index (χ4v) is 3.51. The second-order valence-corrected chi connectivity index (χ2v) is 7.61. The highest BCUT2D eigenvalue weighted by Gasteiger charge is 2.14. The van der Waals surface area contributed by atoms with Gasteiger partial charge >= 0.3 is 0 Å². The van der Waals surface area contributed by atoms with E-state index in [0.717, 1.165) is 17.0 Å². The third-order valence-corrected chi connectivity index (χ3v) is 5.01. The quantitative estimate of drug-likeness (QED) is 0.481. The number of aryl methyl sites for hydroxylation is 2. The molecule has 166 valence electrons. The number of benzene rings is 2. The van der Waals surface area contributed by atoms with Crippen LogP contribution in [0.5, 0.6) is 23.1 Å². The smallest absolute Gasteiger partial charge is 0.238 e. The summed E-state index contributed by atoms with van der Waals surface area (Å²) in [4.78, 5) is 12.4. The molecule has 0 saturated carbocycles. The maximum atomic E-state index is 12.4. The zero-order valence-corrected chi connectivity index (χ0v) is 18.1. The van der Waals surface area contributed by atoms with Crippen LogP contribution in [0.15, 0.2) is 60.7 Å². The van der Waals surface area contributed by atoms with E-state index in [9.17, 15) is 4.79 Å². The highest BCUT2D eigenvalue weighted by molar-refractivity contribution is 5.92. The number of aromatic nitrogens is 4. The fourth-order valence-electron chi connectivity index (χ4n) is 3.51. The molecule has 9 heteroatoms. The predicted octanol–water partition coefficient (Wildman–Crippen LogP) is 3.98. The van der Waals surface area contributed by atoms with Crippen LogP contribution in [0.1, 0.15) is 17.0 Å².